The number of fused-ring (bicyclic) bond motifs is 1. The lowest BCUT2D eigenvalue weighted by Crippen LogP contribution is -2.53. The molecule has 14 heteroatoms. The van der Waals surface area contributed by atoms with Crippen LogP contribution >= 0.6 is 0 Å². The first kappa shape index (κ1) is 46.7. The van der Waals surface area contributed by atoms with Gasteiger partial charge in [0.25, 0.3) is 0 Å². The van der Waals surface area contributed by atoms with Crippen molar-refractivity contribution in [2.24, 2.45) is 4.99 Å². The molecule has 2 atom stereocenters. The van der Waals surface area contributed by atoms with Crippen molar-refractivity contribution >= 4 is 35.1 Å². The lowest BCUT2D eigenvalue weighted by Gasteiger charge is -2.37. The number of carbonyl (C=O) groups excluding carboxylic acids is 3. The molecule has 1 heterocycles. The molecule has 64 heavy (non-hydrogen) atoms. The van der Waals surface area contributed by atoms with Gasteiger partial charge in [-0.1, -0.05) is 155 Å². The smallest absolute Gasteiger partial charge is 0.334 e. The average Bonchev–Trinajstić information content (AvgIpc) is 3.74. The summed E-state index contributed by atoms with van der Waals surface area (Å²) in [6.07, 6.45) is 9.19. The minimum atomic E-state index is -2.47. The number of halogens is 5. The van der Waals surface area contributed by atoms with Gasteiger partial charge in [0.1, 0.15) is 17.6 Å². The number of hydrogen-bond acceptors (Lipinski definition) is 6. The average molecular weight is 881 g/mol. The zero-order chi connectivity index (χ0) is 45.5. The van der Waals surface area contributed by atoms with E-state index >= 15 is 0 Å². The zero-order valence-corrected chi connectivity index (χ0v) is 35.2. The van der Waals surface area contributed by atoms with Gasteiger partial charge < -0.3 is 25.1 Å². The Labute approximate surface area is 368 Å². The predicted molar refractivity (Wildman–Crippen MR) is 234 cm³/mol. The Balaban J connectivity index is 1.33. The highest BCUT2D eigenvalue weighted by atomic mass is 19.2. The SMILES string of the molecule is CCCCCCCCCOC=N[C@H](Cc1c[nH]c2ccccc12)C(=O)N[C@@H](CC(=O)NC(c1ccccc1)(c1ccccc1)c1ccccc1)C(=O)Oc1c(F)c(F)c(F)c(F)c1F. The number of unbranched alkanes of at least 4 members (excludes halogenated alkanes) is 6. The first-order valence-electron chi connectivity index (χ1n) is 21.2. The Bertz CT molecular complexity index is 2390. The monoisotopic (exact) mass is 880 g/mol. The molecule has 0 radical (unpaired) electrons. The number of esters is 1. The van der Waals surface area contributed by atoms with Crippen LogP contribution in [0.5, 0.6) is 5.75 Å². The molecule has 0 fully saturated rings. The van der Waals surface area contributed by atoms with Crippen LogP contribution < -0.4 is 15.4 Å². The van der Waals surface area contributed by atoms with Crippen molar-refractivity contribution < 1.29 is 45.8 Å². The van der Waals surface area contributed by atoms with Crippen LogP contribution in [0.3, 0.4) is 0 Å². The van der Waals surface area contributed by atoms with Crippen LogP contribution in [0.4, 0.5) is 22.0 Å². The third-order valence-corrected chi connectivity index (χ3v) is 10.9. The van der Waals surface area contributed by atoms with Gasteiger partial charge >= 0.3 is 5.97 Å². The van der Waals surface area contributed by atoms with Crippen LogP contribution in [0, 0.1) is 29.1 Å². The Morgan fingerprint density at radius 2 is 1.20 bits per heavy atom. The number of amides is 2. The van der Waals surface area contributed by atoms with Gasteiger partial charge in [0.2, 0.25) is 46.6 Å². The fourth-order valence-corrected chi connectivity index (χ4v) is 7.57. The molecule has 0 bridgehead atoms. The van der Waals surface area contributed by atoms with E-state index in [4.69, 9.17) is 9.47 Å². The quantitative estimate of drug-likeness (QED) is 0.00722. The summed E-state index contributed by atoms with van der Waals surface area (Å²) in [5.41, 5.74) is 1.85. The fraction of sp³-hybridized carbons (Fsp3) is 0.280. The molecule has 6 aromatic rings. The summed E-state index contributed by atoms with van der Waals surface area (Å²) < 4.78 is 83.0. The molecule has 9 nitrogen and oxygen atoms in total. The zero-order valence-electron chi connectivity index (χ0n) is 35.2. The maximum absolute atomic E-state index is 14.9. The van der Waals surface area contributed by atoms with E-state index < -0.39 is 76.7 Å². The summed E-state index contributed by atoms with van der Waals surface area (Å²) in [6.45, 7) is 2.47. The number of nitrogens with zero attached hydrogens (tertiary/aromatic N) is 1. The molecule has 334 valence electrons. The van der Waals surface area contributed by atoms with E-state index in [0.29, 0.717) is 28.9 Å². The topological polar surface area (TPSA) is 122 Å². The van der Waals surface area contributed by atoms with Crippen LogP contribution in [0.1, 0.15) is 80.5 Å². The van der Waals surface area contributed by atoms with E-state index in [1.54, 1.807) is 97.2 Å². The van der Waals surface area contributed by atoms with Gasteiger partial charge in [0, 0.05) is 23.5 Å². The molecule has 3 N–H and O–H groups in total. The summed E-state index contributed by atoms with van der Waals surface area (Å²) >= 11 is 0. The predicted octanol–water partition coefficient (Wildman–Crippen LogP) is 10.2. The van der Waals surface area contributed by atoms with Gasteiger partial charge in [-0.25, -0.2) is 23.0 Å². The highest BCUT2D eigenvalue weighted by Gasteiger charge is 2.40. The number of aromatic amines is 1. The molecule has 0 aliphatic rings. The van der Waals surface area contributed by atoms with Gasteiger partial charge in [-0.15, -0.1) is 0 Å². The second-order valence-electron chi connectivity index (χ2n) is 15.3. The van der Waals surface area contributed by atoms with E-state index in [9.17, 15) is 36.3 Å². The van der Waals surface area contributed by atoms with Crippen LogP contribution in [-0.2, 0) is 31.1 Å². The molecular weight excluding hydrogens is 832 g/mol. The summed E-state index contributed by atoms with van der Waals surface area (Å²) in [7, 11) is 0. The van der Waals surface area contributed by atoms with Gasteiger partial charge in [0.05, 0.1) is 13.0 Å². The van der Waals surface area contributed by atoms with Crippen molar-refractivity contribution in [1.82, 2.24) is 15.6 Å². The van der Waals surface area contributed by atoms with Crippen molar-refractivity contribution in [3.63, 3.8) is 0 Å². The van der Waals surface area contributed by atoms with Crippen LogP contribution in [0.15, 0.2) is 126 Å². The molecule has 0 saturated carbocycles. The maximum atomic E-state index is 14.9. The Kier molecular flexibility index (Phi) is 16.4. The van der Waals surface area contributed by atoms with Crippen LogP contribution in [0.25, 0.3) is 10.9 Å². The summed E-state index contributed by atoms with van der Waals surface area (Å²) in [6, 6.07) is 30.8. The highest BCUT2D eigenvalue weighted by Crippen LogP contribution is 2.37. The summed E-state index contributed by atoms with van der Waals surface area (Å²) in [5, 5.41) is 6.26. The molecule has 5 aromatic carbocycles. The number of nitrogens with one attached hydrogen (secondary N) is 3. The van der Waals surface area contributed by atoms with E-state index in [0.717, 1.165) is 55.8 Å². The van der Waals surface area contributed by atoms with Gasteiger partial charge in [0.15, 0.2) is 6.40 Å². The molecule has 2 amide bonds. The van der Waals surface area contributed by atoms with Crippen molar-refractivity contribution in [1.29, 1.82) is 0 Å². The Morgan fingerprint density at radius 3 is 1.78 bits per heavy atom. The van der Waals surface area contributed by atoms with Gasteiger partial charge in [-0.3, -0.25) is 9.59 Å². The van der Waals surface area contributed by atoms with Crippen molar-refractivity contribution in [3.8, 4) is 5.75 Å². The van der Waals surface area contributed by atoms with E-state index in [2.05, 4.69) is 27.5 Å². The van der Waals surface area contributed by atoms with Crippen molar-refractivity contribution in [3.05, 3.63) is 173 Å². The minimum absolute atomic E-state index is 0.0438. The normalized spacial score (nSPS) is 12.5. The van der Waals surface area contributed by atoms with E-state index in [1.807, 2.05) is 24.3 Å². The molecule has 0 spiro atoms. The van der Waals surface area contributed by atoms with Crippen molar-refractivity contribution in [2.45, 2.75) is 82.3 Å². The first-order valence-corrected chi connectivity index (χ1v) is 21.2. The largest absolute Gasteiger partial charge is 0.483 e. The number of carbonyl (C=O) groups is 3. The molecule has 0 aliphatic carbocycles. The number of aliphatic imine (C=N–C) groups is 1. The highest BCUT2D eigenvalue weighted by molar-refractivity contribution is 5.93. The standard InChI is InChI=1S/C50H49F5N4O5/c1-2-3-4-5-6-7-19-28-63-32-57-39(29-33-31-56-38-27-18-17-26-37(33)38)48(61)58-40(49(62)64-47-45(54)43(52)42(51)44(53)46(47)55)30-41(60)59-50(34-20-11-8-12-21-34,35-22-13-9-14-23-35)36-24-15-10-16-25-36/h8-18,20-27,31-32,39-40,56H,2-7,19,28-30H2,1H3,(H,58,61)(H,59,60)/t39-,40+/m1/s1. The molecule has 0 aliphatic heterocycles. The first-order chi connectivity index (χ1) is 31.0. The van der Waals surface area contributed by atoms with E-state index in [-0.39, 0.29) is 6.42 Å². The van der Waals surface area contributed by atoms with Gasteiger partial charge in [-0.2, -0.15) is 8.78 Å². The third kappa shape index (κ3) is 11.2. The maximum Gasteiger partial charge on any atom is 0.334 e. The number of para-hydroxylation sites is 1. The number of benzene rings is 5. The number of aromatic nitrogens is 1. The summed E-state index contributed by atoms with van der Waals surface area (Å²) in [5.74, 6) is -17.4. The Hall–Kier alpha value is -6.83. The minimum Gasteiger partial charge on any atom is -0.483 e. The van der Waals surface area contributed by atoms with Crippen LogP contribution in [-0.4, -0.2) is 47.9 Å². The Morgan fingerprint density at radius 1 is 0.688 bits per heavy atom. The molecule has 1 aromatic heterocycles. The second kappa shape index (κ2) is 22.5. The second-order valence-corrected chi connectivity index (χ2v) is 15.3. The number of H-pyrrole nitrogens is 1. The number of ether oxygens (including phenoxy) is 2. The summed E-state index contributed by atoms with van der Waals surface area (Å²) in [4.78, 5) is 50.4. The van der Waals surface area contributed by atoms with Crippen molar-refractivity contribution in [2.75, 3.05) is 6.61 Å². The lowest BCUT2D eigenvalue weighted by atomic mass is 9.77. The number of hydrogen-bond donors (Lipinski definition) is 3. The molecular formula is C50H49F5N4O5. The third-order valence-electron chi connectivity index (χ3n) is 10.9. The van der Waals surface area contributed by atoms with Crippen LogP contribution in [0.2, 0.25) is 0 Å². The number of rotatable bonds is 22. The molecule has 0 unspecified atom stereocenters. The lowest BCUT2D eigenvalue weighted by molar-refractivity contribution is -0.142. The van der Waals surface area contributed by atoms with E-state index in [1.165, 1.54) is 6.42 Å². The fourth-order valence-electron chi connectivity index (χ4n) is 7.57. The molecule has 0 saturated heterocycles. The van der Waals surface area contributed by atoms with Gasteiger partial charge in [-0.05, 0) is 34.7 Å². The molecule has 6 rings (SSSR count).